The van der Waals surface area contributed by atoms with Gasteiger partial charge in [0.15, 0.2) is 0 Å². The van der Waals surface area contributed by atoms with Crippen LogP contribution in [-0.4, -0.2) is 28.2 Å². The summed E-state index contributed by atoms with van der Waals surface area (Å²) >= 11 is 0. The van der Waals surface area contributed by atoms with Crippen LogP contribution >= 0.6 is 0 Å². The Morgan fingerprint density at radius 3 is 2.08 bits per heavy atom. The third-order valence-electron chi connectivity index (χ3n) is 17.0. The summed E-state index contributed by atoms with van der Waals surface area (Å²) in [6.45, 7) is 20.0. The van der Waals surface area contributed by atoms with E-state index in [1.54, 1.807) is 0 Å². The fraction of sp³-hybridized carbons (Fsp3) is 0.970. The molecule has 36 heavy (non-hydrogen) atoms. The number of fused-ring (bicyclic) bond motifs is 7. The first-order valence-electron chi connectivity index (χ1n) is 15.5. The minimum atomic E-state index is -0.699. The molecule has 5 unspecified atom stereocenters. The van der Waals surface area contributed by atoms with Crippen molar-refractivity contribution in [2.24, 2.45) is 61.6 Å². The Labute approximate surface area is 218 Å². The smallest absolute Gasteiger partial charge is 0.137 e. The van der Waals surface area contributed by atoms with Crippen molar-refractivity contribution in [1.82, 2.24) is 0 Å². The largest absolute Gasteiger partial charge is 0.386 e. The summed E-state index contributed by atoms with van der Waals surface area (Å²) < 4.78 is 7.06. The van der Waals surface area contributed by atoms with Gasteiger partial charge in [-0.05, 0) is 103 Å². The molecular weight excluding hydrogens is 444 g/mol. The van der Waals surface area contributed by atoms with E-state index in [9.17, 15) is 9.90 Å². The second-order valence-electron chi connectivity index (χ2n) is 17.5. The maximum Gasteiger partial charge on any atom is 0.137 e. The van der Waals surface area contributed by atoms with Crippen molar-refractivity contribution in [2.45, 2.75) is 137 Å². The Balaban J connectivity index is 1.24. The van der Waals surface area contributed by atoms with Gasteiger partial charge in [0.25, 0.3) is 0 Å². The summed E-state index contributed by atoms with van der Waals surface area (Å²) in [5, 5.41) is 12.4. The highest BCUT2D eigenvalue weighted by Crippen LogP contribution is 2.94. The zero-order valence-corrected chi connectivity index (χ0v) is 24.2. The van der Waals surface area contributed by atoms with E-state index in [0.29, 0.717) is 39.8 Å². The van der Waals surface area contributed by atoms with E-state index in [0.717, 1.165) is 44.4 Å². The number of aliphatic hydroxyl groups is 1. The summed E-state index contributed by atoms with van der Waals surface area (Å²) in [6, 6.07) is 0. The topological polar surface area (TPSA) is 46.5 Å². The zero-order chi connectivity index (χ0) is 25.7. The number of Topliss-reactive ketones (excluding diaryl/α,β-unsaturated/α-hetero) is 1. The van der Waals surface area contributed by atoms with Crippen molar-refractivity contribution < 1.29 is 14.6 Å². The molecule has 2 aliphatic heterocycles. The molecule has 8 aliphatic rings. The Morgan fingerprint density at radius 1 is 0.722 bits per heavy atom. The van der Waals surface area contributed by atoms with Gasteiger partial charge in [0.1, 0.15) is 17.0 Å². The highest BCUT2D eigenvalue weighted by Gasteiger charge is 2.91. The van der Waals surface area contributed by atoms with Crippen LogP contribution in [0, 0.1) is 61.6 Å². The van der Waals surface area contributed by atoms with E-state index in [1.165, 1.54) is 25.7 Å². The number of rotatable bonds is 0. The Hall–Kier alpha value is -0.410. The van der Waals surface area contributed by atoms with E-state index in [2.05, 4.69) is 55.4 Å². The van der Waals surface area contributed by atoms with Crippen LogP contribution in [0.2, 0.25) is 0 Å². The highest BCUT2D eigenvalue weighted by molar-refractivity contribution is 5.88. The Morgan fingerprint density at radius 2 is 1.36 bits per heavy atom. The second kappa shape index (κ2) is 5.72. The fourth-order valence-electron chi connectivity index (χ4n) is 15.5. The van der Waals surface area contributed by atoms with Crippen LogP contribution < -0.4 is 0 Å². The predicted molar refractivity (Wildman–Crippen MR) is 140 cm³/mol. The molecule has 3 nitrogen and oxygen atoms in total. The number of ketones is 1. The van der Waals surface area contributed by atoms with Crippen LogP contribution in [-0.2, 0) is 9.53 Å². The van der Waals surface area contributed by atoms with Crippen LogP contribution in [0.5, 0.6) is 0 Å². The maximum atomic E-state index is 13.1. The lowest BCUT2D eigenvalue weighted by atomic mass is 9.14. The second-order valence-corrected chi connectivity index (χ2v) is 17.5. The number of hydrogen-bond acceptors (Lipinski definition) is 3. The summed E-state index contributed by atoms with van der Waals surface area (Å²) in [6.07, 6.45) is 11.4. The molecule has 12 atom stereocenters. The van der Waals surface area contributed by atoms with Gasteiger partial charge >= 0.3 is 0 Å². The standard InChI is InChI=1S/C33H50O3/c1-25(2)22-19(34)9-12-31(22)23(25)24-29(7)17-16-28(6)20(27(29,5)15-18-30(24,31)8)10-13-32(35)26(3,4)21-11-14-33(28,32)36-21/h20-24,35H,9-18H2,1-8H3/t20?,21-,22?,23?,24?,27-,28+,29+,30+,31?,32+,33-/m0/s1. The predicted octanol–water partition coefficient (Wildman–Crippen LogP) is 6.95. The number of carbonyl (C=O) groups excluding carboxylic acids is 1. The quantitative estimate of drug-likeness (QED) is 0.396. The van der Waals surface area contributed by atoms with Gasteiger partial charge in [0, 0.05) is 23.2 Å². The number of hydrogen-bond donors (Lipinski definition) is 1. The van der Waals surface area contributed by atoms with Crippen molar-refractivity contribution in [1.29, 1.82) is 0 Å². The molecule has 0 amide bonds. The normalized spacial score (nSPS) is 66.8. The maximum absolute atomic E-state index is 13.1. The van der Waals surface area contributed by atoms with Crippen LogP contribution in [0.3, 0.4) is 0 Å². The third-order valence-corrected chi connectivity index (χ3v) is 17.0. The number of carbonyl (C=O) groups is 1. The van der Waals surface area contributed by atoms with Gasteiger partial charge in [0.05, 0.1) is 6.10 Å². The first kappa shape index (κ1) is 23.5. The molecule has 6 saturated carbocycles. The molecule has 0 radical (unpaired) electrons. The molecule has 8 rings (SSSR count). The van der Waals surface area contributed by atoms with E-state index < -0.39 is 5.60 Å². The van der Waals surface area contributed by atoms with Gasteiger partial charge in [-0.2, -0.15) is 0 Å². The molecule has 8 fully saturated rings. The lowest BCUT2D eigenvalue weighted by molar-refractivity contribution is -0.422. The minimum Gasteiger partial charge on any atom is -0.386 e. The van der Waals surface area contributed by atoms with E-state index in [1.807, 2.05) is 0 Å². The zero-order valence-electron chi connectivity index (χ0n) is 24.2. The van der Waals surface area contributed by atoms with Crippen LogP contribution in [0.15, 0.2) is 0 Å². The molecule has 0 aromatic carbocycles. The molecule has 6 aliphatic carbocycles. The van der Waals surface area contributed by atoms with Gasteiger partial charge in [-0.1, -0.05) is 55.4 Å². The fourth-order valence-corrected chi connectivity index (χ4v) is 15.5. The average molecular weight is 495 g/mol. The molecule has 200 valence electrons. The molecule has 2 heterocycles. The molecule has 1 N–H and O–H groups in total. The van der Waals surface area contributed by atoms with Gasteiger partial charge < -0.3 is 9.84 Å². The highest BCUT2D eigenvalue weighted by atomic mass is 16.6. The molecular formula is C33H50O3. The molecule has 0 aromatic rings. The molecule has 2 saturated heterocycles. The minimum absolute atomic E-state index is 0.0347. The summed E-state index contributed by atoms with van der Waals surface area (Å²) in [4.78, 5) is 13.1. The average Bonchev–Trinajstić information content (AvgIpc) is 3.44. The summed E-state index contributed by atoms with van der Waals surface area (Å²) in [5.41, 5.74) is 0.140. The van der Waals surface area contributed by atoms with E-state index >= 15 is 0 Å². The Bertz CT molecular complexity index is 1110. The number of ether oxygens (including phenoxy) is 1. The van der Waals surface area contributed by atoms with E-state index in [-0.39, 0.29) is 33.4 Å². The monoisotopic (exact) mass is 494 g/mol. The van der Waals surface area contributed by atoms with Gasteiger partial charge in [-0.3, -0.25) is 4.79 Å². The SMILES string of the molecule is CC1(C)C2C(=O)CCC23C1C1[C@@]3(C)CC[C@@]2(C)C3CC[C@@]4(O)C(C)(C)[C@@H]5CC[C@]4(O5)[C@]3(C)CC[C@]12C. The molecule has 2 bridgehead atoms. The van der Waals surface area contributed by atoms with Crippen molar-refractivity contribution in [2.75, 3.05) is 0 Å². The van der Waals surface area contributed by atoms with Crippen molar-refractivity contribution in [3.8, 4) is 0 Å². The first-order chi connectivity index (χ1) is 16.6. The van der Waals surface area contributed by atoms with Gasteiger partial charge in [-0.25, -0.2) is 0 Å². The van der Waals surface area contributed by atoms with Crippen LogP contribution in [0.25, 0.3) is 0 Å². The van der Waals surface area contributed by atoms with Crippen molar-refractivity contribution >= 4 is 5.78 Å². The lowest BCUT2D eigenvalue weighted by Crippen LogP contribution is -2.86. The summed E-state index contributed by atoms with van der Waals surface area (Å²) in [7, 11) is 0. The third kappa shape index (κ3) is 1.73. The molecule has 3 heteroatoms. The van der Waals surface area contributed by atoms with Gasteiger partial charge in [-0.15, -0.1) is 0 Å². The molecule has 2 spiro atoms. The van der Waals surface area contributed by atoms with Crippen LogP contribution in [0.1, 0.15) is 120 Å². The summed E-state index contributed by atoms with van der Waals surface area (Å²) in [5.74, 6) is 2.92. The van der Waals surface area contributed by atoms with Crippen molar-refractivity contribution in [3.05, 3.63) is 0 Å². The van der Waals surface area contributed by atoms with E-state index in [4.69, 9.17) is 4.74 Å². The van der Waals surface area contributed by atoms with Crippen LogP contribution in [0.4, 0.5) is 0 Å². The lowest BCUT2D eigenvalue weighted by Gasteiger charge is -2.89. The van der Waals surface area contributed by atoms with Crippen molar-refractivity contribution in [3.63, 3.8) is 0 Å². The first-order valence-corrected chi connectivity index (χ1v) is 15.5. The Kier molecular flexibility index (Phi) is 3.73. The molecule has 0 aromatic heterocycles. The van der Waals surface area contributed by atoms with Gasteiger partial charge in [0.2, 0.25) is 0 Å².